The van der Waals surface area contributed by atoms with Crippen LogP contribution in [0.2, 0.25) is 0 Å². The summed E-state index contributed by atoms with van der Waals surface area (Å²) in [6, 6.07) is 0. The first-order valence-corrected chi connectivity index (χ1v) is 12.2. The van der Waals surface area contributed by atoms with Crippen molar-refractivity contribution in [2.24, 2.45) is 5.41 Å². The summed E-state index contributed by atoms with van der Waals surface area (Å²) in [5.74, 6) is -4.03. The van der Waals surface area contributed by atoms with E-state index in [2.05, 4.69) is 19.7 Å². The van der Waals surface area contributed by atoms with Gasteiger partial charge in [0.05, 0.1) is 24.7 Å². The molecule has 0 unspecified atom stereocenters. The molecule has 12 heteroatoms. The molecular formula is C27H38O12. The average Bonchev–Trinajstić information content (AvgIpc) is 2.88. The molecule has 39 heavy (non-hydrogen) atoms. The molecule has 0 saturated heterocycles. The van der Waals surface area contributed by atoms with Gasteiger partial charge < -0.3 is 28.4 Å². The minimum Gasteiger partial charge on any atom is -0.465 e. The zero-order valence-corrected chi connectivity index (χ0v) is 23.1. The van der Waals surface area contributed by atoms with Crippen LogP contribution in [0.25, 0.3) is 0 Å². The summed E-state index contributed by atoms with van der Waals surface area (Å²) < 4.78 is 30.5. The molecule has 0 aromatic rings. The fraction of sp³-hybridized carbons (Fsp3) is 0.556. The minimum atomic E-state index is -1.11. The highest BCUT2D eigenvalue weighted by atomic mass is 16.6. The lowest BCUT2D eigenvalue weighted by atomic mass is 9.88. The summed E-state index contributed by atoms with van der Waals surface area (Å²) in [7, 11) is 0. The minimum absolute atomic E-state index is 0.181. The van der Waals surface area contributed by atoms with Gasteiger partial charge in [0.2, 0.25) is 0 Å². The number of rotatable bonds is 19. The zero-order chi connectivity index (χ0) is 30.0. The van der Waals surface area contributed by atoms with Crippen LogP contribution in [0.3, 0.4) is 0 Å². The van der Waals surface area contributed by atoms with Gasteiger partial charge in [0.1, 0.15) is 39.6 Å². The van der Waals surface area contributed by atoms with E-state index in [1.807, 2.05) is 0 Å². The number of hydrogen-bond donors (Lipinski definition) is 0. The maximum Gasteiger partial charge on any atom is 0.333 e. The van der Waals surface area contributed by atoms with E-state index in [1.165, 1.54) is 20.8 Å². The third-order valence-electron chi connectivity index (χ3n) is 5.03. The predicted octanol–water partition coefficient (Wildman–Crippen LogP) is 2.54. The first kappa shape index (κ1) is 35.0. The van der Waals surface area contributed by atoms with Gasteiger partial charge in [0.15, 0.2) is 0 Å². The molecule has 0 amide bonds. The van der Waals surface area contributed by atoms with E-state index in [4.69, 9.17) is 28.4 Å². The van der Waals surface area contributed by atoms with Gasteiger partial charge in [-0.15, -0.1) is 0 Å². The lowest BCUT2D eigenvalue weighted by Crippen LogP contribution is -2.39. The van der Waals surface area contributed by atoms with Crippen LogP contribution in [0.4, 0.5) is 0 Å². The summed E-state index contributed by atoms with van der Waals surface area (Å²) in [4.78, 5) is 70.9. The number of hydrogen-bond acceptors (Lipinski definition) is 12. The predicted molar refractivity (Wildman–Crippen MR) is 137 cm³/mol. The van der Waals surface area contributed by atoms with Gasteiger partial charge in [-0.2, -0.15) is 0 Å². The molecule has 0 saturated carbocycles. The molecule has 0 N–H and O–H groups in total. The van der Waals surface area contributed by atoms with E-state index < -0.39 is 41.2 Å². The molecule has 0 fully saturated rings. The number of ether oxygens (including phenoxy) is 6. The summed E-state index contributed by atoms with van der Waals surface area (Å²) in [6.07, 6.45) is -0.442. The Balaban J connectivity index is 5.08. The summed E-state index contributed by atoms with van der Waals surface area (Å²) >= 11 is 0. The Morgan fingerprint density at radius 1 is 0.513 bits per heavy atom. The average molecular weight is 555 g/mol. The van der Waals surface area contributed by atoms with Gasteiger partial charge >= 0.3 is 35.8 Å². The van der Waals surface area contributed by atoms with Crippen molar-refractivity contribution in [1.82, 2.24) is 0 Å². The highest BCUT2D eigenvalue weighted by Crippen LogP contribution is 2.25. The monoisotopic (exact) mass is 554 g/mol. The molecule has 0 aromatic heterocycles. The third kappa shape index (κ3) is 15.8. The Morgan fingerprint density at radius 2 is 0.769 bits per heavy atom. The first-order chi connectivity index (χ1) is 18.2. The Labute approximate surface area is 228 Å². The maximum atomic E-state index is 12.2. The maximum absolute atomic E-state index is 12.2. The topological polar surface area (TPSA) is 158 Å². The second kappa shape index (κ2) is 18.3. The molecule has 0 aromatic carbocycles. The molecule has 0 aliphatic carbocycles. The van der Waals surface area contributed by atoms with Crippen LogP contribution < -0.4 is 0 Å². The summed E-state index contributed by atoms with van der Waals surface area (Å²) in [5, 5.41) is 0. The van der Waals surface area contributed by atoms with Crippen LogP contribution in [-0.2, 0) is 57.2 Å². The van der Waals surface area contributed by atoms with Crippen molar-refractivity contribution in [3.8, 4) is 0 Å². The highest BCUT2D eigenvalue weighted by molar-refractivity contribution is 5.88. The molecule has 12 nitrogen and oxygen atoms in total. The normalized spacial score (nSPS) is 10.5. The fourth-order valence-electron chi connectivity index (χ4n) is 2.40. The first-order valence-electron chi connectivity index (χ1n) is 12.2. The second-order valence-electron chi connectivity index (χ2n) is 8.83. The van der Waals surface area contributed by atoms with Gasteiger partial charge in [0.25, 0.3) is 0 Å². The van der Waals surface area contributed by atoms with E-state index in [0.29, 0.717) is 0 Å². The van der Waals surface area contributed by atoms with Gasteiger partial charge in [-0.25, -0.2) is 14.4 Å². The van der Waals surface area contributed by atoms with Gasteiger partial charge in [0, 0.05) is 16.7 Å². The SMILES string of the molecule is C=C(C)C(=O)OCCC(=O)OCC(CC)(COC(=O)CCOC(=O)C(=C)C)COC(=O)CCOC(=O)C(=C)C. The van der Waals surface area contributed by atoms with E-state index in [0.717, 1.165) is 0 Å². The van der Waals surface area contributed by atoms with E-state index >= 15 is 0 Å². The van der Waals surface area contributed by atoms with Crippen molar-refractivity contribution in [2.45, 2.75) is 53.4 Å². The van der Waals surface area contributed by atoms with Crippen molar-refractivity contribution in [2.75, 3.05) is 39.6 Å². The molecule has 0 heterocycles. The van der Waals surface area contributed by atoms with E-state index in [1.54, 1.807) is 6.92 Å². The van der Waals surface area contributed by atoms with Crippen molar-refractivity contribution in [3.63, 3.8) is 0 Å². The Kier molecular flexibility index (Phi) is 16.5. The standard InChI is InChI=1S/C27H38O12/c1-8-27(15-37-21(28)9-12-34-24(31)18(2)3,16-38-22(29)10-13-35-25(32)19(4)5)17-39-23(30)11-14-36-26(33)20(6)7/h2,4,6,8-17H2,1,3,5,7H3. The van der Waals surface area contributed by atoms with Crippen LogP contribution in [0.5, 0.6) is 0 Å². The molecule has 0 bridgehead atoms. The number of carbonyl (C=O) groups excluding carboxylic acids is 6. The largest absolute Gasteiger partial charge is 0.465 e. The molecular weight excluding hydrogens is 516 g/mol. The van der Waals surface area contributed by atoms with Crippen LogP contribution in [-0.4, -0.2) is 75.5 Å². The summed E-state index contributed by atoms with van der Waals surface area (Å²) in [5.41, 5.74) is -0.569. The smallest absolute Gasteiger partial charge is 0.333 e. The van der Waals surface area contributed by atoms with E-state index in [-0.39, 0.29) is 82.0 Å². The lowest BCUT2D eigenvalue weighted by Gasteiger charge is -2.31. The second-order valence-corrected chi connectivity index (χ2v) is 8.83. The van der Waals surface area contributed by atoms with Crippen LogP contribution >= 0.6 is 0 Å². The Hall–Kier alpha value is -3.96. The lowest BCUT2D eigenvalue weighted by molar-refractivity contribution is -0.163. The number of esters is 6. The molecule has 0 radical (unpaired) electrons. The molecule has 218 valence electrons. The third-order valence-corrected chi connectivity index (χ3v) is 5.03. The molecule has 0 rings (SSSR count). The summed E-state index contributed by atoms with van der Waals surface area (Å²) in [6.45, 7) is 14.9. The van der Waals surface area contributed by atoms with Gasteiger partial charge in [-0.05, 0) is 27.2 Å². The molecule has 0 aliphatic rings. The quantitative estimate of drug-likeness (QED) is 0.131. The zero-order valence-electron chi connectivity index (χ0n) is 23.1. The van der Waals surface area contributed by atoms with Crippen LogP contribution in [0, 0.1) is 5.41 Å². The van der Waals surface area contributed by atoms with Gasteiger partial charge in [-0.3, -0.25) is 14.4 Å². The van der Waals surface area contributed by atoms with Crippen LogP contribution in [0.15, 0.2) is 36.5 Å². The molecule has 0 atom stereocenters. The fourth-order valence-corrected chi connectivity index (χ4v) is 2.40. The molecule has 0 aliphatic heterocycles. The van der Waals surface area contributed by atoms with Crippen molar-refractivity contribution < 1.29 is 57.2 Å². The van der Waals surface area contributed by atoms with Crippen molar-refractivity contribution in [1.29, 1.82) is 0 Å². The van der Waals surface area contributed by atoms with Crippen molar-refractivity contribution >= 4 is 35.8 Å². The van der Waals surface area contributed by atoms with Crippen molar-refractivity contribution in [3.05, 3.63) is 36.5 Å². The molecule has 0 spiro atoms. The highest BCUT2D eigenvalue weighted by Gasteiger charge is 2.34. The Morgan fingerprint density at radius 3 is 0.974 bits per heavy atom. The Bertz CT molecular complexity index is 830. The number of carbonyl (C=O) groups is 6. The van der Waals surface area contributed by atoms with Gasteiger partial charge in [-0.1, -0.05) is 26.7 Å². The van der Waals surface area contributed by atoms with Crippen LogP contribution in [0.1, 0.15) is 53.4 Å². The van der Waals surface area contributed by atoms with E-state index in [9.17, 15) is 28.8 Å².